The fourth-order valence-corrected chi connectivity index (χ4v) is 2.24. The fourth-order valence-electron chi connectivity index (χ4n) is 2.24. The second kappa shape index (κ2) is 5.19. The number of carbonyl (C=O) groups is 2. The van der Waals surface area contributed by atoms with E-state index in [0.717, 1.165) is 0 Å². The van der Waals surface area contributed by atoms with Crippen LogP contribution in [0.4, 0.5) is 0 Å². The maximum atomic E-state index is 11.9. The van der Waals surface area contributed by atoms with Gasteiger partial charge in [-0.25, -0.2) is 0 Å². The van der Waals surface area contributed by atoms with Crippen molar-refractivity contribution in [3.63, 3.8) is 0 Å². The summed E-state index contributed by atoms with van der Waals surface area (Å²) in [7, 11) is 0. The molecule has 19 heavy (non-hydrogen) atoms. The van der Waals surface area contributed by atoms with Crippen LogP contribution in [0.5, 0.6) is 0 Å². The number of Topliss-reactive ketones (excluding diaryl/α,β-unsaturated/α-hetero) is 1. The molecule has 1 aliphatic heterocycles. The van der Waals surface area contributed by atoms with Gasteiger partial charge in [0, 0.05) is 18.9 Å². The molecule has 1 atom stereocenters. The van der Waals surface area contributed by atoms with Crippen molar-refractivity contribution >= 4 is 11.7 Å². The van der Waals surface area contributed by atoms with Crippen molar-refractivity contribution in [2.45, 2.75) is 13.0 Å². The molecule has 0 saturated carbocycles. The van der Waals surface area contributed by atoms with Crippen molar-refractivity contribution in [1.29, 1.82) is 0 Å². The van der Waals surface area contributed by atoms with Crippen molar-refractivity contribution in [1.82, 2.24) is 9.88 Å². The number of nitrogens with zero attached hydrogens (tertiary/aromatic N) is 2. The Balaban J connectivity index is 2.51. The molecular formula is C13H14N2O4. The lowest BCUT2D eigenvalue weighted by Crippen LogP contribution is -2.33. The maximum absolute atomic E-state index is 11.9. The van der Waals surface area contributed by atoms with E-state index in [1.54, 1.807) is 18.3 Å². The second-order valence-electron chi connectivity index (χ2n) is 4.23. The minimum atomic E-state index is -0.689. The van der Waals surface area contributed by atoms with E-state index in [9.17, 15) is 14.7 Å². The van der Waals surface area contributed by atoms with Crippen LogP contribution in [0.2, 0.25) is 0 Å². The molecular weight excluding hydrogens is 248 g/mol. The minimum Gasteiger partial charge on any atom is -0.503 e. The topological polar surface area (TPSA) is 90.7 Å². The highest BCUT2D eigenvalue weighted by molar-refractivity contribution is 6.08. The van der Waals surface area contributed by atoms with E-state index >= 15 is 0 Å². The van der Waals surface area contributed by atoms with E-state index in [1.165, 1.54) is 18.0 Å². The van der Waals surface area contributed by atoms with Crippen LogP contribution in [0, 0.1) is 0 Å². The molecule has 0 fully saturated rings. The summed E-state index contributed by atoms with van der Waals surface area (Å²) in [6.07, 6.45) is 3.11. The molecule has 1 unspecified atom stereocenters. The number of aliphatic hydroxyl groups is 2. The number of rotatable bonds is 4. The Morgan fingerprint density at radius 1 is 1.53 bits per heavy atom. The van der Waals surface area contributed by atoms with Crippen molar-refractivity contribution < 1.29 is 19.8 Å². The van der Waals surface area contributed by atoms with E-state index in [1.807, 2.05) is 0 Å². The lowest BCUT2D eigenvalue weighted by molar-refractivity contribution is -0.129. The zero-order chi connectivity index (χ0) is 14.0. The second-order valence-corrected chi connectivity index (χ2v) is 4.23. The van der Waals surface area contributed by atoms with Crippen molar-refractivity contribution in [2.24, 2.45) is 0 Å². The molecule has 6 nitrogen and oxygen atoms in total. The molecule has 0 aromatic carbocycles. The van der Waals surface area contributed by atoms with E-state index in [2.05, 4.69) is 4.98 Å². The molecule has 0 aliphatic carbocycles. The summed E-state index contributed by atoms with van der Waals surface area (Å²) >= 11 is 0. The average Bonchev–Trinajstić information content (AvgIpc) is 2.65. The summed E-state index contributed by atoms with van der Waals surface area (Å²) < 4.78 is 0. The predicted molar refractivity (Wildman–Crippen MR) is 66.1 cm³/mol. The predicted octanol–water partition coefficient (Wildman–Crippen LogP) is 0.358. The molecule has 0 spiro atoms. The number of hydrogen-bond acceptors (Lipinski definition) is 5. The molecule has 0 saturated heterocycles. The number of hydrogen-bond donors (Lipinski definition) is 2. The third-order valence-electron chi connectivity index (χ3n) is 3.02. The van der Waals surface area contributed by atoms with Crippen LogP contribution in [0.3, 0.4) is 0 Å². The highest BCUT2D eigenvalue weighted by atomic mass is 16.3. The Morgan fingerprint density at radius 2 is 2.26 bits per heavy atom. The minimum absolute atomic E-state index is 0.0409. The average molecular weight is 262 g/mol. The first kappa shape index (κ1) is 13.2. The summed E-state index contributed by atoms with van der Waals surface area (Å²) in [6, 6.07) is 2.71. The summed E-state index contributed by atoms with van der Waals surface area (Å²) in [6.45, 7) is 1.09. The van der Waals surface area contributed by atoms with Gasteiger partial charge in [-0.05, 0) is 18.6 Å². The van der Waals surface area contributed by atoms with Gasteiger partial charge in [-0.1, -0.05) is 6.07 Å². The molecule has 2 heterocycles. The van der Waals surface area contributed by atoms with Crippen LogP contribution < -0.4 is 0 Å². The van der Waals surface area contributed by atoms with Crippen LogP contribution >= 0.6 is 0 Å². The standard InChI is InChI=1S/C13H14N2O4/c1-8(17)10-11(9-3-2-4-14-7-9)15(5-6-16)13(19)12(10)18/h2-4,7,11,16,18H,5-6H2,1H3. The van der Waals surface area contributed by atoms with Crippen molar-refractivity contribution in [3.8, 4) is 0 Å². The molecule has 1 amide bonds. The number of ketones is 1. The first-order valence-corrected chi connectivity index (χ1v) is 5.83. The first-order valence-electron chi connectivity index (χ1n) is 5.83. The Hall–Kier alpha value is -2.21. The summed E-state index contributed by atoms with van der Waals surface area (Å²) in [5.41, 5.74) is 0.671. The van der Waals surface area contributed by atoms with Gasteiger partial charge >= 0.3 is 0 Å². The first-order chi connectivity index (χ1) is 9.07. The van der Waals surface area contributed by atoms with Gasteiger partial charge in [0.05, 0.1) is 18.2 Å². The van der Waals surface area contributed by atoms with Gasteiger partial charge in [0.2, 0.25) is 0 Å². The molecule has 2 N–H and O–H groups in total. The van der Waals surface area contributed by atoms with Gasteiger partial charge < -0.3 is 15.1 Å². The smallest absolute Gasteiger partial charge is 0.290 e. The monoisotopic (exact) mass is 262 g/mol. The highest BCUT2D eigenvalue weighted by Crippen LogP contribution is 2.36. The van der Waals surface area contributed by atoms with Crippen LogP contribution in [0.25, 0.3) is 0 Å². The zero-order valence-electron chi connectivity index (χ0n) is 10.4. The van der Waals surface area contributed by atoms with Gasteiger partial charge in [0.25, 0.3) is 5.91 Å². The van der Waals surface area contributed by atoms with Gasteiger partial charge in [-0.3, -0.25) is 14.6 Å². The molecule has 1 aliphatic rings. The number of pyridine rings is 1. The molecule has 100 valence electrons. The molecule has 6 heteroatoms. The van der Waals surface area contributed by atoms with Gasteiger partial charge in [0.15, 0.2) is 11.5 Å². The van der Waals surface area contributed by atoms with Gasteiger partial charge in [-0.15, -0.1) is 0 Å². The number of β-amino-alcohol motifs (C(OH)–C–C–N with tert-alkyl or cyclic N) is 1. The SMILES string of the molecule is CC(=O)C1=C(O)C(=O)N(CCO)C1c1cccnc1. The Kier molecular flexibility index (Phi) is 3.62. The number of carbonyl (C=O) groups excluding carboxylic acids is 2. The zero-order valence-corrected chi connectivity index (χ0v) is 10.4. The normalized spacial score (nSPS) is 19.2. The molecule has 1 aromatic heterocycles. The molecule has 0 bridgehead atoms. The summed E-state index contributed by atoms with van der Waals surface area (Å²) in [5, 5.41) is 18.8. The van der Waals surface area contributed by atoms with E-state index < -0.39 is 17.7 Å². The van der Waals surface area contributed by atoms with Crippen molar-refractivity contribution in [3.05, 3.63) is 41.4 Å². The Bertz CT molecular complexity index is 539. The van der Waals surface area contributed by atoms with Gasteiger partial charge in [-0.2, -0.15) is 0 Å². The number of amides is 1. The largest absolute Gasteiger partial charge is 0.503 e. The maximum Gasteiger partial charge on any atom is 0.290 e. The van der Waals surface area contributed by atoms with Gasteiger partial charge in [0.1, 0.15) is 0 Å². The van der Waals surface area contributed by atoms with E-state index in [4.69, 9.17) is 5.11 Å². The van der Waals surface area contributed by atoms with E-state index in [0.29, 0.717) is 5.56 Å². The highest BCUT2D eigenvalue weighted by Gasteiger charge is 2.41. The summed E-state index contributed by atoms with van der Waals surface area (Å²) in [4.78, 5) is 28.8. The summed E-state index contributed by atoms with van der Waals surface area (Å²) in [5.74, 6) is -1.57. The molecule has 0 radical (unpaired) electrons. The number of aromatic nitrogens is 1. The quantitative estimate of drug-likeness (QED) is 0.817. The van der Waals surface area contributed by atoms with Crippen LogP contribution in [0.15, 0.2) is 35.9 Å². The molecule has 2 rings (SSSR count). The van der Waals surface area contributed by atoms with Crippen LogP contribution in [-0.2, 0) is 9.59 Å². The third-order valence-corrected chi connectivity index (χ3v) is 3.02. The number of aliphatic hydroxyl groups excluding tert-OH is 2. The van der Waals surface area contributed by atoms with Crippen LogP contribution in [0.1, 0.15) is 18.5 Å². The van der Waals surface area contributed by atoms with Crippen LogP contribution in [-0.4, -0.2) is 44.9 Å². The van der Waals surface area contributed by atoms with E-state index in [-0.39, 0.29) is 24.5 Å². The van der Waals surface area contributed by atoms with Crippen molar-refractivity contribution in [2.75, 3.05) is 13.2 Å². The fraction of sp³-hybridized carbons (Fsp3) is 0.308. The Labute approximate surface area is 110 Å². The molecule has 1 aromatic rings. The lowest BCUT2D eigenvalue weighted by atomic mass is 9.98. The Morgan fingerprint density at radius 3 is 2.79 bits per heavy atom. The lowest BCUT2D eigenvalue weighted by Gasteiger charge is -2.25. The third kappa shape index (κ3) is 2.22.